The molecule has 8 nitrogen and oxygen atoms in total. The van der Waals surface area contributed by atoms with Gasteiger partial charge in [-0.15, -0.1) is 0 Å². The molecule has 0 saturated heterocycles. The van der Waals surface area contributed by atoms with Crippen LogP contribution in [0.5, 0.6) is 0 Å². The third-order valence-corrected chi connectivity index (χ3v) is 5.31. The topological polar surface area (TPSA) is 110 Å². The number of rotatable bonds is 5. The Balaban J connectivity index is 1.75. The zero-order valence-corrected chi connectivity index (χ0v) is 13.4. The Morgan fingerprint density at radius 1 is 1.52 bits per heavy atom. The van der Waals surface area contributed by atoms with Crippen LogP contribution in [0.3, 0.4) is 0 Å². The molecule has 2 saturated carbocycles. The molecule has 126 valence electrons. The van der Waals surface area contributed by atoms with E-state index in [1.54, 1.807) is 0 Å². The van der Waals surface area contributed by atoms with Crippen molar-refractivity contribution in [2.45, 2.75) is 58.1 Å². The zero-order valence-electron chi connectivity index (χ0n) is 13.4. The highest BCUT2D eigenvalue weighted by Gasteiger charge is 2.57. The minimum atomic E-state index is -0.567. The fourth-order valence-electron chi connectivity index (χ4n) is 4.12. The van der Waals surface area contributed by atoms with Gasteiger partial charge < -0.3 is 10.1 Å². The molecule has 1 spiro atoms. The molecule has 1 heterocycles. The van der Waals surface area contributed by atoms with E-state index in [0.717, 1.165) is 32.1 Å². The van der Waals surface area contributed by atoms with E-state index in [1.807, 2.05) is 6.92 Å². The molecular weight excluding hydrogens is 300 g/mol. The first-order chi connectivity index (χ1) is 11.0. The molecule has 2 N–H and O–H groups in total. The summed E-state index contributed by atoms with van der Waals surface area (Å²) in [6.45, 7) is 4.18. The molecule has 0 bridgehead atoms. The number of hydrogen-bond acceptors (Lipinski definition) is 5. The molecule has 1 amide bonds. The largest absolute Gasteiger partial charge is 0.378 e. The average molecular weight is 322 g/mol. The number of nitrogens with zero attached hydrogens (tertiary/aromatic N) is 2. The molecule has 2 fully saturated rings. The fourth-order valence-corrected chi connectivity index (χ4v) is 4.12. The van der Waals surface area contributed by atoms with Crippen molar-refractivity contribution in [1.29, 1.82) is 0 Å². The summed E-state index contributed by atoms with van der Waals surface area (Å²) in [6, 6.07) is 0.00524. The van der Waals surface area contributed by atoms with Crippen LogP contribution in [-0.4, -0.2) is 39.8 Å². The number of aromatic nitrogens is 2. The molecule has 2 aliphatic carbocycles. The SMILES string of the molecule is CCO[C@@H]1C[C@H](NC(=O)c2n[nH]c(C)c2[N+](=O)[O-])C12CCCC2. The number of hydrogen-bond donors (Lipinski definition) is 2. The van der Waals surface area contributed by atoms with E-state index in [1.165, 1.54) is 6.92 Å². The van der Waals surface area contributed by atoms with E-state index in [4.69, 9.17) is 4.74 Å². The van der Waals surface area contributed by atoms with Gasteiger partial charge in [-0.25, -0.2) is 0 Å². The van der Waals surface area contributed by atoms with Gasteiger partial charge >= 0.3 is 5.69 Å². The van der Waals surface area contributed by atoms with E-state index in [9.17, 15) is 14.9 Å². The van der Waals surface area contributed by atoms with Gasteiger partial charge in [-0.2, -0.15) is 5.10 Å². The van der Waals surface area contributed by atoms with Gasteiger partial charge in [-0.3, -0.25) is 20.0 Å². The molecule has 8 heteroatoms. The maximum Gasteiger partial charge on any atom is 0.322 e. The van der Waals surface area contributed by atoms with Crippen LogP contribution in [0.2, 0.25) is 0 Å². The lowest BCUT2D eigenvalue weighted by Crippen LogP contribution is -2.63. The summed E-state index contributed by atoms with van der Waals surface area (Å²) >= 11 is 0. The second kappa shape index (κ2) is 5.92. The number of H-pyrrole nitrogens is 1. The average Bonchev–Trinajstić information content (AvgIpc) is 3.14. The van der Waals surface area contributed by atoms with Crippen LogP contribution in [0.4, 0.5) is 5.69 Å². The Kier molecular flexibility index (Phi) is 4.09. The van der Waals surface area contributed by atoms with E-state index >= 15 is 0 Å². The first-order valence-electron chi connectivity index (χ1n) is 8.11. The molecular formula is C15H22N4O4. The Hall–Kier alpha value is -1.96. The quantitative estimate of drug-likeness (QED) is 0.637. The number of aromatic amines is 1. The molecule has 1 aromatic rings. The van der Waals surface area contributed by atoms with Crippen LogP contribution in [0.25, 0.3) is 0 Å². The summed E-state index contributed by atoms with van der Waals surface area (Å²) in [7, 11) is 0. The predicted octanol–water partition coefficient (Wildman–Crippen LogP) is 2.09. The molecule has 2 aliphatic rings. The highest BCUT2D eigenvalue weighted by molar-refractivity contribution is 5.96. The molecule has 0 aliphatic heterocycles. The highest BCUT2D eigenvalue weighted by Crippen LogP contribution is 2.54. The van der Waals surface area contributed by atoms with Crippen molar-refractivity contribution in [3.63, 3.8) is 0 Å². The summed E-state index contributed by atoms with van der Waals surface area (Å²) in [6.07, 6.45) is 5.27. The Morgan fingerprint density at radius 2 is 2.22 bits per heavy atom. The number of nitrogens with one attached hydrogen (secondary N) is 2. The second-order valence-electron chi connectivity index (χ2n) is 6.45. The van der Waals surface area contributed by atoms with Crippen LogP contribution >= 0.6 is 0 Å². The normalized spacial score (nSPS) is 25.3. The number of aryl methyl sites for hydroxylation is 1. The molecule has 0 aromatic carbocycles. The van der Waals surface area contributed by atoms with E-state index in [0.29, 0.717) is 6.61 Å². The van der Waals surface area contributed by atoms with Gasteiger partial charge in [-0.1, -0.05) is 12.8 Å². The van der Waals surface area contributed by atoms with Gasteiger partial charge in [0.15, 0.2) is 0 Å². The molecule has 23 heavy (non-hydrogen) atoms. The first kappa shape index (κ1) is 15.9. The fraction of sp³-hybridized carbons (Fsp3) is 0.733. The van der Waals surface area contributed by atoms with Gasteiger partial charge in [0.25, 0.3) is 5.91 Å². The molecule has 3 rings (SSSR count). The van der Waals surface area contributed by atoms with Crippen LogP contribution in [-0.2, 0) is 4.74 Å². The van der Waals surface area contributed by atoms with Crippen LogP contribution in [0.15, 0.2) is 0 Å². The minimum absolute atomic E-state index is 0.00524. The second-order valence-corrected chi connectivity index (χ2v) is 6.45. The third-order valence-electron chi connectivity index (χ3n) is 5.31. The Morgan fingerprint density at radius 3 is 2.83 bits per heavy atom. The Labute approximate surface area is 134 Å². The third kappa shape index (κ3) is 2.50. The first-order valence-corrected chi connectivity index (χ1v) is 8.11. The van der Waals surface area contributed by atoms with Crippen molar-refractivity contribution in [2.75, 3.05) is 6.61 Å². The van der Waals surface area contributed by atoms with Gasteiger partial charge in [-0.05, 0) is 33.1 Å². The zero-order chi connectivity index (χ0) is 16.6. The smallest absolute Gasteiger partial charge is 0.322 e. The molecule has 0 radical (unpaired) electrons. The number of carbonyl (C=O) groups is 1. The van der Waals surface area contributed by atoms with Crippen LogP contribution in [0, 0.1) is 22.5 Å². The number of amides is 1. The Bertz CT molecular complexity index is 621. The lowest BCUT2D eigenvalue weighted by Gasteiger charge is -2.53. The molecule has 1 aromatic heterocycles. The molecule has 0 unspecified atom stereocenters. The highest BCUT2D eigenvalue weighted by atomic mass is 16.6. The number of ether oxygens (including phenoxy) is 1. The number of carbonyl (C=O) groups excluding carboxylic acids is 1. The van der Waals surface area contributed by atoms with Gasteiger partial charge in [0.2, 0.25) is 5.69 Å². The maximum absolute atomic E-state index is 12.5. The monoisotopic (exact) mass is 322 g/mol. The summed E-state index contributed by atoms with van der Waals surface area (Å²) < 4.78 is 5.82. The number of nitro groups is 1. The van der Waals surface area contributed by atoms with Gasteiger partial charge in [0, 0.05) is 18.1 Å². The summed E-state index contributed by atoms with van der Waals surface area (Å²) in [5.41, 5.74) is -0.105. The van der Waals surface area contributed by atoms with Crippen LogP contribution < -0.4 is 5.32 Å². The van der Waals surface area contributed by atoms with E-state index in [-0.39, 0.29) is 34.6 Å². The van der Waals surface area contributed by atoms with Crippen molar-refractivity contribution >= 4 is 11.6 Å². The van der Waals surface area contributed by atoms with Crippen molar-refractivity contribution in [3.05, 3.63) is 21.5 Å². The molecule has 2 atom stereocenters. The van der Waals surface area contributed by atoms with Crippen LogP contribution in [0.1, 0.15) is 55.2 Å². The van der Waals surface area contributed by atoms with Gasteiger partial charge in [0.05, 0.1) is 11.0 Å². The lowest BCUT2D eigenvalue weighted by atomic mass is 9.60. The van der Waals surface area contributed by atoms with Crippen molar-refractivity contribution in [3.8, 4) is 0 Å². The lowest BCUT2D eigenvalue weighted by molar-refractivity contribution is -0.385. The summed E-state index contributed by atoms with van der Waals surface area (Å²) in [5.74, 6) is -0.479. The maximum atomic E-state index is 12.5. The predicted molar refractivity (Wildman–Crippen MR) is 82.2 cm³/mol. The van der Waals surface area contributed by atoms with Crippen molar-refractivity contribution in [2.24, 2.45) is 5.41 Å². The van der Waals surface area contributed by atoms with Gasteiger partial charge in [0.1, 0.15) is 5.69 Å². The van der Waals surface area contributed by atoms with E-state index < -0.39 is 10.8 Å². The summed E-state index contributed by atoms with van der Waals surface area (Å²) in [4.78, 5) is 23.0. The summed E-state index contributed by atoms with van der Waals surface area (Å²) in [5, 5.41) is 20.4. The minimum Gasteiger partial charge on any atom is -0.378 e. The van der Waals surface area contributed by atoms with E-state index in [2.05, 4.69) is 15.5 Å². The van der Waals surface area contributed by atoms with Crippen molar-refractivity contribution in [1.82, 2.24) is 15.5 Å². The van der Waals surface area contributed by atoms with Crippen molar-refractivity contribution < 1.29 is 14.5 Å². The standard InChI is InChI=1S/C15H22N4O4/c1-3-23-11-8-10(15(11)6-4-5-7-15)16-14(20)12-13(19(21)22)9(2)17-18-12/h10-11H,3-8H2,1-2H3,(H,16,20)(H,17,18)/t10-,11+/m0/s1.